The van der Waals surface area contributed by atoms with Crippen molar-refractivity contribution >= 4 is 53.2 Å². The fourth-order valence-corrected chi connectivity index (χ4v) is 7.31. The Morgan fingerprint density at radius 2 is 0.854 bits per heavy atom. The first-order valence-corrected chi connectivity index (χ1v) is 16.8. The molecule has 0 aliphatic carbocycles. The first kappa shape index (κ1) is 34.9. The Balaban J connectivity index is 2.03. The van der Waals surface area contributed by atoms with Crippen LogP contribution in [0, 0.1) is 30.3 Å². The van der Waals surface area contributed by atoms with E-state index >= 15 is 0 Å². The number of benzene rings is 4. The normalized spacial score (nSPS) is 11.7. The number of nitrogens with zero attached hydrogens (tertiary/aromatic N) is 3. The molecule has 0 aliphatic rings. The van der Waals surface area contributed by atoms with Crippen molar-refractivity contribution in [1.82, 2.24) is 0 Å². The van der Waals surface area contributed by atoms with Crippen LogP contribution in [0.2, 0.25) is 0 Å². The standard InChI is InChI=1S/C26H17N3O16S3/c1-16(30)17-14-15-21(43-46(37,38)22-11-5-2-8-18(22)27(31)32)26(45-48(41,42)24-13-7-4-10-20(24)29(35)36)25(17)44-47(39,40)23-12-6-3-9-19(23)28(33)34/h2-15H,1H3. The predicted octanol–water partition coefficient (Wildman–Crippen LogP) is 3.92. The second-order valence-electron chi connectivity index (χ2n) is 9.11. The zero-order valence-electron chi connectivity index (χ0n) is 23.7. The summed E-state index contributed by atoms with van der Waals surface area (Å²) in [5.41, 5.74) is -3.88. The molecule has 0 unspecified atom stereocenters. The molecule has 0 heterocycles. The van der Waals surface area contributed by atoms with Gasteiger partial charge in [0.05, 0.1) is 20.3 Å². The van der Waals surface area contributed by atoms with Gasteiger partial charge < -0.3 is 12.5 Å². The monoisotopic (exact) mass is 723 g/mol. The van der Waals surface area contributed by atoms with E-state index < -0.39 is 105 Å². The molecule has 19 nitrogen and oxygen atoms in total. The molecule has 0 atom stereocenters. The quantitative estimate of drug-likeness (QED) is 0.0817. The SMILES string of the molecule is CC(=O)c1ccc(OS(=O)(=O)c2ccccc2[N+](=O)[O-])c(OS(=O)(=O)c2ccccc2[N+](=O)[O-])c1OS(=O)(=O)c1ccccc1[N+](=O)[O-]. The van der Waals surface area contributed by atoms with Crippen molar-refractivity contribution < 1.29 is 57.4 Å². The summed E-state index contributed by atoms with van der Waals surface area (Å²) < 4.78 is 95.4. The molecule has 4 aromatic carbocycles. The highest BCUT2D eigenvalue weighted by Gasteiger charge is 2.37. The van der Waals surface area contributed by atoms with Crippen LogP contribution < -0.4 is 12.5 Å². The molecule has 4 rings (SSSR count). The Labute approximate surface area is 269 Å². The van der Waals surface area contributed by atoms with Gasteiger partial charge in [-0.1, -0.05) is 36.4 Å². The average molecular weight is 724 g/mol. The van der Waals surface area contributed by atoms with Crippen LogP contribution in [0.15, 0.2) is 99.6 Å². The molecule has 250 valence electrons. The number of hydrogen-bond acceptors (Lipinski definition) is 16. The van der Waals surface area contributed by atoms with Gasteiger partial charge in [-0.25, -0.2) is 0 Å². The maximum atomic E-state index is 13.5. The van der Waals surface area contributed by atoms with Crippen molar-refractivity contribution in [2.75, 3.05) is 0 Å². The largest absolute Gasteiger partial charge is 0.375 e. The molecule has 0 bridgehead atoms. The fourth-order valence-electron chi connectivity index (χ4n) is 3.98. The highest BCUT2D eigenvalue weighted by atomic mass is 32.2. The average Bonchev–Trinajstić information content (AvgIpc) is 3.02. The predicted molar refractivity (Wildman–Crippen MR) is 159 cm³/mol. The third-order valence-electron chi connectivity index (χ3n) is 6.03. The summed E-state index contributed by atoms with van der Waals surface area (Å²) >= 11 is 0. The Morgan fingerprint density at radius 1 is 0.521 bits per heavy atom. The Morgan fingerprint density at radius 3 is 1.21 bits per heavy atom. The highest BCUT2D eigenvalue weighted by molar-refractivity contribution is 7.88. The van der Waals surface area contributed by atoms with Crippen LogP contribution in [0.3, 0.4) is 0 Å². The van der Waals surface area contributed by atoms with Crippen molar-refractivity contribution in [1.29, 1.82) is 0 Å². The first-order valence-electron chi connectivity index (χ1n) is 12.6. The Hall–Kier alpha value is -6.00. The number of Topliss-reactive ketones (excluding diaryl/α,β-unsaturated/α-hetero) is 1. The van der Waals surface area contributed by atoms with Gasteiger partial charge in [0.25, 0.3) is 17.1 Å². The minimum absolute atomic E-state index is 0.609. The van der Waals surface area contributed by atoms with Gasteiger partial charge in [-0.05, 0) is 37.3 Å². The van der Waals surface area contributed by atoms with Gasteiger partial charge in [0, 0.05) is 18.2 Å². The lowest BCUT2D eigenvalue weighted by Crippen LogP contribution is -2.19. The minimum atomic E-state index is -5.48. The number of carbonyl (C=O) groups is 1. The zero-order chi connectivity index (χ0) is 35.6. The lowest BCUT2D eigenvalue weighted by atomic mass is 10.1. The van der Waals surface area contributed by atoms with Gasteiger partial charge in [0.15, 0.2) is 26.2 Å². The van der Waals surface area contributed by atoms with E-state index in [1.54, 1.807) is 0 Å². The molecule has 0 fully saturated rings. The molecule has 0 aromatic heterocycles. The van der Waals surface area contributed by atoms with Crippen molar-refractivity contribution in [2.24, 2.45) is 0 Å². The summed E-state index contributed by atoms with van der Waals surface area (Å²) in [6.45, 7) is 0.838. The summed E-state index contributed by atoms with van der Waals surface area (Å²) in [6, 6.07) is 12.3. The fraction of sp³-hybridized carbons (Fsp3) is 0.0385. The van der Waals surface area contributed by atoms with Crippen LogP contribution in [0.25, 0.3) is 0 Å². The van der Waals surface area contributed by atoms with E-state index in [4.69, 9.17) is 12.5 Å². The van der Waals surface area contributed by atoms with Gasteiger partial charge in [-0.2, -0.15) is 25.3 Å². The summed E-state index contributed by atoms with van der Waals surface area (Å²) in [5, 5.41) is 34.7. The lowest BCUT2D eigenvalue weighted by Gasteiger charge is -2.18. The van der Waals surface area contributed by atoms with E-state index in [2.05, 4.69) is 0 Å². The molecular weight excluding hydrogens is 706 g/mol. The number of carbonyl (C=O) groups excluding carboxylic acids is 1. The summed E-state index contributed by atoms with van der Waals surface area (Å²) in [4.78, 5) is 40.7. The molecule has 0 spiro atoms. The van der Waals surface area contributed by atoms with Crippen LogP contribution in [0.1, 0.15) is 17.3 Å². The summed E-state index contributed by atoms with van der Waals surface area (Å²) in [5.74, 6) is -5.17. The minimum Gasteiger partial charge on any atom is -0.375 e. The number of nitro benzene ring substituents is 3. The summed E-state index contributed by atoms with van der Waals surface area (Å²) in [7, 11) is -16.2. The van der Waals surface area contributed by atoms with E-state index in [0.717, 1.165) is 73.7 Å². The summed E-state index contributed by atoms with van der Waals surface area (Å²) in [6.07, 6.45) is 0. The smallest absolute Gasteiger partial charge is 0.346 e. The van der Waals surface area contributed by atoms with E-state index in [1.807, 2.05) is 0 Å². The Kier molecular flexibility index (Phi) is 9.45. The van der Waals surface area contributed by atoms with Crippen molar-refractivity contribution in [3.8, 4) is 17.2 Å². The van der Waals surface area contributed by atoms with Gasteiger partial charge in [-0.15, -0.1) is 0 Å². The molecule has 0 amide bonds. The maximum absolute atomic E-state index is 13.5. The molecule has 48 heavy (non-hydrogen) atoms. The maximum Gasteiger partial charge on any atom is 0.346 e. The molecule has 0 saturated carbocycles. The lowest BCUT2D eigenvalue weighted by molar-refractivity contribution is -0.388. The zero-order valence-corrected chi connectivity index (χ0v) is 26.1. The van der Waals surface area contributed by atoms with Gasteiger partial charge in [-0.3, -0.25) is 35.1 Å². The molecule has 0 aliphatic heterocycles. The molecule has 0 radical (unpaired) electrons. The molecule has 0 saturated heterocycles. The highest BCUT2D eigenvalue weighted by Crippen LogP contribution is 2.45. The third-order valence-corrected chi connectivity index (χ3v) is 9.86. The second-order valence-corrected chi connectivity index (χ2v) is 13.7. The van der Waals surface area contributed by atoms with E-state index in [-0.39, 0.29) is 0 Å². The molecular formula is C26H17N3O16S3. The van der Waals surface area contributed by atoms with Gasteiger partial charge in [0.2, 0.25) is 11.5 Å². The number of nitro groups is 3. The van der Waals surface area contributed by atoms with Crippen LogP contribution in [-0.2, 0) is 30.4 Å². The van der Waals surface area contributed by atoms with Crippen molar-refractivity contribution in [3.63, 3.8) is 0 Å². The van der Waals surface area contributed by atoms with Gasteiger partial charge in [0.1, 0.15) is 0 Å². The number of rotatable bonds is 13. The number of hydrogen-bond donors (Lipinski definition) is 0. The van der Waals surface area contributed by atoms with Crippen molar-refractivity contribution in [3.05, 3.63) is 121 Å². The van der Waals surface area contributed by atoms with Crippen LogP contribution >= 0.6 is 0 Å². The Bertz CT molecular complexity index is 2340. The molecule has 4 aromatic rings. The second kappa shape index (κ2) is 13.0. The van der Waals surface area contributed by atoms with E-state index in [9.17, 15) is 60.4 Å². The third kappa shape index (κ3) is 7.03. The first-order chi connectivity index (χ1) is 22.4. The van der Waals surface area contributed by atoms with Crippen LogP contribution in [0.5, 0.6) is 17.2 Å². The van der Waals surface area contributed by atoms with Crippen LogP contribution in [0.4, 0.5) is 17.1 Å². The van der Waals surface area contributed by atoms with Gasteiger partial charge >= 0.3 is 30.4 Å². The molecule has 22 heteroatoms. The number of para-hydroxylation sites is 3. The number of ketones is 1. The van der Waals surface area contributed by atoms with Crippen molar-refractivity contribution in [2.45, 2.75) is 21.6 Å². The topological polar surface area (TPSA) is 277 Å². The van der Waals surface area contributed by atoms with Crippen LogP contribution in [-0.4, -0.2) is 45.8 Å². The molecule has 0 N–H and O–H groups in total. The van der Waals surface area contributed by atoms with E-state index in [1.165, 1.54) is 0 Å². The van der Waals surface area contributed by atoms with E-state index in [0.29, 0.717) is 18.2 Å².